The molecule has 7 heteroatoms. The first-order valence-electron chi connectivity index (χ1n) is 5.18. The summed E-state index contributed by atoms with van der Waals surface area (Å²) < 4.78 is 40.2. The maximum Gasteiger partial charge on any atom is 0.422 e. The van der Waals surface area contributed by atoms with Crippen LogP contribution in [0.4, 0.5) is 13.2 Å². The van der Waals surface area contributed by atoms with E-state index in [1.807, 2.05) is 5.43 Å². The highest BCUT2D eigenvalue weighted by Gasteiger charge is 2.28. The van der Waals surface area contributed by atoms with Crippen LogP contribution in [0.15, 0.2) is 24.3 Å². The first kappa shape index (κ1) is 14.3. The van der Waals surface area contributed by atoms with Crippen molar-refractivity contribution in [3.63, 3.8) is 0 Å². The molecule has 0 saturated heterocycles. The molecule has 0 aliphatic rings. The number of carbonyl (C=O) groups excluding carboxylic acids is 1. The van der Waals surface area contributed by atoms with Gasteiger partial charge < -0.3 is 4.74 Å². The van der Waals surface area contributed by atoms with E-state index < -0.39 is 12.8 Å². The minimum Gasteiger partial charge on any atom is -0.484 e. The fraction of sp³-hybridized carbons (Fsp3) is 0.364. The molecule has 0 unspecified atom stereocenters. The minimum atomic E-state index is -4.35. The van der Waals surface area contributed by atoms with E-state index in [2.05, 4.69) is 4.74 Å². The van der Waals surface area contributed by atoms with Gasteiger partial charge in [0.2, 0.25) is 5.91 Å². The zero-order valence-electron chi connectivity index (χ0n) is 9.46. The van der Waals surface area contributed by atoms with E-state index >= 15 is 0 Å². The average molecular weight is 262 g/mol. The van der Waals surface area contributed by atoms with Gasteiger partial charge in [0.15, 0.2) is 6.61 Å². The van der Waals surface area contributed by atoms with E-state index in [0.717, 1.165) is 5.56 Å². The number of carbonyl (C=O) groups is 1. The largest absolute Gasteiger partial charge is 0.484 e. The fourth-order valence-electron chi connectivity index (χ4n) is 1.25. The Morgan fingerprint density at radius 3 is 2.39 bits per heavy atom. The van der Waals surface area contributed by atoms with E-state index in [1.54, 1.807) is 12.1 Å². The lowest BCUT2D eigenvalue weighted by Gasteiger charge is -2.09. The highest BCUT2D eigenvalue weighted by molar-refractivity contribution is 5.75. The van der Waals surface area contributed by atoms with Crippen LogP contribution in [0.3, 0.4) is 0 Å². The molecule has 1 aromatic rings. The Kier molecular flexibility index (Phi) is 4.96. The summed E-state index contributed by atoms with van der Waals surface area (Å²) in [5.41, 5.74) is 2.81. The lowest BCUT2D eigenvalue weighted by molar-refractivity contribution is -0.153. The summed E-state index contributed by atoms with van der Waals surface area (Å²) >= 11 is 0. The number of aryl methyl sites for hydroxylation is 1. The Morgan fingerprint density at radius 2 is 1.89 bits per heavy atom. The molecule has 4 nitrogen and oxygen atoms in total. The van der Waals surface area contributed by atoms with E-state index in [4.69, 9.17) is 5.84 Å². The van der Waals surface area contributed by atoms with Crippen molar-refractivity contribution in [1.29, 1.82) is 0 Å². The van der Waals surface area contributed by atoms with Gasteiger partial charge in [-0.2, -0.15) is 13.2 Å². The number of nitrogens with one attached hydrogen (secondary N) is 1. The molecular formula is C11H13F3N2O2. The molecule has 3 N–H and O–H groups in total. The SMILES string of the molecule is NNC(=O)CCc1ccc(OCC(F)(F)F)cc1. The number of ether oxygens (including phenoxy) is 1. The Hall–Kier alpha value is -1.76. The van der Waals surface area contributed by atoms with Crippen LogP contribution in [-0.4, -0.2) is 18.7 Å². The van der Waals surface area contributed by atoms with Crippen LogP contribution < -0.4 is 16.0 Å². The van der Waals surface area contributed by atoms with Crippen LogP contribution >= 0.6 is 0 Å². The quantitative estimate of drug-likeness (QED) is 0.480. The third-order valence-electron chi connectivity index (χ3n) is 2.13. The van der Waals surface area contributed by atoms with Gasteiger partial charge in [-0.15, -0.1) is 0 Å². The molecule has 100 valence electrons. The molecule has 0 spiro atoms. The number of alkyl halides is 3. The van der Waals surface area contributed by atoms with Crippen molar-refractivity contribution in [2.24, 2.45) is 5.84 Å². The van der Waals surface area contributed by atoms with Gasteiger partial charge in [0.1, 0.15) is 5.75 Å². The Balaban J connectivity index is 2.45. The van der Waals surface area contributed by atoms with Gasteiger partial charge in [-0.3, -0.25) is 10.2 Å². The Morgan fingerprint density at radius 1 is 1.28 bits per heavy atom. The maximum atomic E-state index is 11.9. The standard InChI is InChI=1S/C11H13F3N2O2/c12-11(13,14)7-18-9-4-1-8(2-5-9)3-6-10(17)16-15/h1-2,4-5H,3,6-7,15H2,(H,16,17). The molecule has 0 aromatic heterocycles. The average Bonchev–Trinajstić information content (AvgIpc) is 2.33. The van der Waals surface area contributed by atoms with Crippen molar-refractivity contribution in [3.8, 4) is 5.75 Å². The second kappa shape index (κ2) is 6.25. The number of nitrogens with two attached hydrogens (primary N) is 1. The zero-order valence-corrected chi connectivity index (χ0v) is 9.46. The lowest BCUT2D eigenvalue weighted by atomic mass is 10.1. The van der Waals surface area contributed by atoms with E-state index in [-0.39, 0.29) is 18.1 Å². The number of amides is 1. The van der Waals surface area contributed by atoms with Gasteiger partial charge in [-0.25, -0.2) is 5.84 Å². The molecule has 0 saturated carbocycles. The Bertz CT molecular complexity index is 390. The molecule has 0 aliphatic carbocycles. The molecule has 0 atom stereocenters. The molecule has 0 bridgehead atoms. The monoisotopic (exact) mass is 262 g/mol. The predicted molar refractivity (Wildman–Crippen MR) is 58.6 cm³/mol. The van der Waals surface area contributed by atoms with Crippen LogP contribution in [0.25, 0.3) is 0 Å². The molecular weight excluding hydrogens is 249 g/mol. The van der Waals surface area contributed by atoms with Crippen LogP contribution in [0.2, 0.25) is 0 Å². The third-order valence-corrected chi connectivity index (χ3v) is 2.13. The summed E-state index contributed by atoms with van der Waals surface area (Å²) in [6.45, 7) is -1.32. The van der Waals surface area contributed by atoms with Crippen molar-refractivity contribution in [2.75, 3.05) is 6.61 Å². The number of hydrogen-bond donors (Lipinski definition) is 2. The van der Waals surface area contributed by atoms with Crippen molar-refractivity contribution in [1.82, 2.24) is 5.43 Å². The smallest absolute Gasteiger partial charge is 0.422 e. The fourth-order valence-corrected chi connectivity index (χ4v) is 1.25. The number of halogens is 3. The van der Waals surface area contributed by atoms with Crippen molar-refractivity contribution < 1.29 is 22.7 Å². The summed E-state index contributed by atoms with van der Waals surface area (Å²) in [5.74, 6) is 4.75. The van der Waals surface area contributed by atoms with Crippen LogP contribution in [0.5, 0.6) is 5.75 Å². The summed E-state index contributed by atoms with van der Waals surface area (Å²) in [6, 6.07) is 6.08. The van der Waals surface area contributed by atoms with Gasteiger partial charge in [0.25, 0.3) is 0 Å². The first-order chi connectivity index (χ1) is 8.40. The molecule has 1 aromatic carbocycles. The minimum absolute atomic E-state index is 0.138. The number of hydrazine groups is 1. The van der Waals surface area contributed by atoms with Gasteiger partial charge in [-0.1, -0.05) is 12.1 Å². The van der Waals surface area contributed by atoms with Crippen molar-refractivity contribution in [3.05, 3.63) is 29.8 Å². The number of hydrogen-bond acceptors (Lipinski definition) is 3. The second-order valence-electron chi connectivity index (χ2n) is 3.62. The molecule has 0 fully saturated rings. The molecule has 0 heterocycles. The number of rotatable bonds is 5. The topological polar surface area (TPSA) is 64.3 Å². The van der Waals surface area contributed by atoms with Crippen LogP contribution in [-0.2, 0) is 11.2 Å². The molecule has 0 radical (unpaired) electrons. The van der Waals surface area contributed by atoms with E-state index in [9.17, 15) is 18.0 Å². The predicted octanol–water partition coefficient (Wildman–Crippen LogP) is 1.55. The Labute approximate surface area is 102 Å². The summed E-state index contributed by atoms with van der Waals surface area (Å²) in [6.07, 6.45) is -3.67. The van der Waals surface area contributed by atoms with Gasteiger partial charge in [-0.05, 0) is 24.1 Å². The van der Waals surface area contributed by atoms with Crippen molar-refractivity contribution in [2.45, 2.75) is 19.0 Å². The van der Waals surface area contributed by atoms with Gasteiger partial charge in [0, 0.05) is 6.42 Å². The highest BCUT2D eigenvalue weighted by atomic mass is 19.4. The van der Waals surface area contributed by atoms with Gasteiger partial charge in [0.05, 0.1) is 0 Å². The first-order valence-corrected chi connectivity index (χ1v) is 5.18. The summed E-state index contributed by atoms with van der Waals surface area (Å²) in [7, 11) is 0. The molecule has 1 amide bonds. The van der Waals surface area contributed by atoms with Gasteiger partial charge >= 0.3 is 6.18 Å². The number of benzene rings is 1. The van der Waals surface area contributed by atoms with E-state index in [1.165, 1.54) is 12.1 Å². The summed E-state index contributed by atoms with van der Waals surface area (Å²) in [4.78, 5) is 10.9. The van der Waals surface area contributed by atoms with Crippen molar-refractivity contribution >= 4 is 5.91 Å². The van der Waals surface area contributed by atoms with E-state index in [0.29, 0.717) is 6.42 Å². The zero-order chi connectivity index (χ0) is 13.6. The lowest BCUT2D eigenvalue weighted by Crippen LogP contribution is -2.30. The molecule has 1 rings (SSSR count). The third kappa shape index (κ3) is 5.53. The molecule has 0 aliphatic heterocycles. The second-order valence-corrected chi connectivity index (χ2v) is 3.62. The maximum absolute atomic E-state index is 11.9. The highest BCUT2D eigenvalue weighted by Crippen LogP contribution is 2.19. The molecule has 18 heavy (non-hydrogen) atoms. The summed E-state index contributed by atoms with van der Waals surface area (Å²) in [5, 5.41) is 0. The normalized spacial score (nSPS) is 11.1. The van der Waals surface area contributed by atoms with Crippen LogP contribution in [0.1, 0.15) is 12.0 Å². The van der Waals surface area contributed by atoms with Crippen LogP contribution in [0, 0.1) is 0 Å².